The fraction of sp³-hybridized carbons (Fsp3) is 0.500. The van der Waals surface area contributed by atoms with E-state index in [2.05, 4.69) is 37.8 Å². The van der Waals surface area contributed by atoms with Gasteiger partial charge in [-0.2, -0.15) is 0 Å². The summed E-state index contributed by atoms with van der Waals surface area (Å²) in [7, 11) is 0. The van der Waals surface area contributed by atoms with Gasteiger partial charge in [-0.3, -0.25) is 0 Å². The summed E-state index contributed by atoms with van der Waals surface area (Å²) in [5.41, 5.74) is 0. The summed E-state index contributed by atoms with van der Waals surface area (Å²) in [5, 5.41) is 0. The Morgan fingerprint density at radius 2 is 1.58 bits per heavy atom. The van der Waals surface area contributed by atoms with Gasteiger partial charge in [-0.1, -0.05) is 30.4 Å². The highest BCUT2D eigenvalue weighted by atomic mass is 13.9. The van der Waals surface area contributed by atoms with Gasteiger partial charge in [0.15, 0.2) is 0 Å². The molecule has 0 saturated carbocycles. The molecule has 0 amide bonds. The molecule has 0 nitrogen and oxygen atoms in total. The van der Waals surface area contributed by atoms with Gasteiger partial charge >= 0.3 is 0 Å². The molecular weight excluding hydrogens is 144 g/mol. The molecule has 0 rings (SSSR count). The first-order valence-corrected chi connectivity index (χ1v) is 4.79. The molecule has 0 aromatic heterocycles. The lowest BCUT2D eigenvalue weighted by Gasteiger charge is -1.89. The molecule has 0 bridgehead atoms. The van der Waals surface area contributed by atoms with Crippen LogP contribution in [0, 0.1) is 0 Å². The van der Waals surface area contributed by atoms with Crippen LogP contribution < -0.4 is 0 Å². The molecule has 0 aliphatic carbocycles. The van der Waals surface area contributed by atoms with E-state index in [0.717, 1.165) is 6.42 Å². The van der Waals surface area contributed by atoms with Crippen LogP contribution in [0.3, 0.4) is 0 Å². The lowest BCUT2D eigenvalue weighted by atomic mass is 10.2. The Morgan fingerprint density at radius 3 is 2.25 bits per heavy atom. The second-order valence-electron chi connectivity index (χ2n) is 2.84. The summed E-state index contributed by atoms with van der Waals surface area (Å²) in [6.07, 6.45) is 16.8. The molecule has 0 saturated heterocycles. The molecule has 0 aromatic rings. The van der Waals surface area contributed by atoms with Crippen LogP contribution in [0.15, 0.2) is 37.0 Å². The van der Waals surface area contributed by atoms with Crippen molar-refractivity contribution in [1.82, 2.24) is 0 Å². The lowest BCUT2D eigenvalue weighted by molar-refractivity contribution is 0.864. The highest BCUT2D eigenvalue weighted by Gasteiger charge is 1.79. The van der Waals surface area contributed by atoms with Crippen LogP contribution >= 0.6 is 0 Å². The van der Waals surface area contributed by atoms with Crippen LogP contribution in [0.1, 0.15) is 39.0 Å². The SMILES string of the molecule is C=CCCCC=CCCC=CC. The first-order valence-electron chi connectivity index (χ1n) is 4.79. The molecule has 0 heteroatoms. The number of hydrogen-bond donors (Lipinski definition) is 0. The minimum absolute atomic E-state index is 1.14. The van der Waals surface area contributed by atoms with Crippen LogP contribution in [-0.2, 0) is 0 Å². The Balaban J connectivity index is 3.08. The van der Waals surface area contributed by atoms with Gasteiger partial charge in [-0.15, -0.1) is 6.58 Å². The maximum atomic E-state index is 3.69. The number of unbranched alkanes of at least 4 members (excludes halogenated alkanes) is 3. The van der Waals surface area contributed by atoms with Crippen LogP contribution in [0.2, 0.25) is 0 Å². The predicted molar refractivity (Wildman–Crippen MR) is 57.2 cm³/mol. The highest BCUT2D eigenvalue weighted by Crippen LogP contribution is 1.99. The second kappa shape index (κ2) is 10.2. The quantitative estimate of drug-likeness (QED) is 0.389. The highest BCUT2D eigenvalue weighted by molar-refractivity contribution is 4.86. The van der Waals surface area contributed by atoms with E-state index in [1.54, 1.807) is 0 Å². The van der Waals surface area contributed by atoms with Gasteiger partial charge in [0, 0.05) is 0 Å². The Kier molecular flexibility index (Phi) is 9.56. The van der Waals surface area contributed by atoms with E-state index in [4.69, 9.17) is 0 Å². The van der Waals surface area contributed by atoms with Crippen LogP contribution in [-0.4, -0.2) is 0 Å². The molecule has 0 radical (unpaired) electrons. The maximum Gasteiger partial charge on any atom is -0.0316 e. The minimum atomic E-state index is 1.14. The molecule has 0 unspecified atom stereocenters. The topological polar surface area (TPSA) is 0 Å². The largest absolute Gasteiger partial charge is 0.103 e. The van der Waals surface area contributed by atoms with E-state index in [1.807, 2.05) is 6.08 Å². The third kappa shape index (κ3) is 9.22. The molecule has 0 aliphatic rings. The van der Waals surface area contributed by atoms with E-state index in [0.29, 0.717) is 0 Å². The first kappa shape index (κ1) is 11.2. The van der Waals surface area contributed by atoms with Crippen molar-refractivity contribution in [3.63, 3.8) is 0 Å². The fourth-order valence-electron chi connectivity index (χ4n) is 0.975. The number of allylic oxidation sites excluding steroid dienone is 5. The zero-order valence-corrected chi connectivity index (χ0v) is 8.13. The fourth-order valence-corrected chi connectivity index (χ4v) is 0.975. The molecule has 0 heterocycles. The summed E-state index contributed by atoms with van der Waals surface area (Å²) in [6.45, 7) is 5.75. The monoisotopic (exact) mass is 164 g/mol. The Labute approximate surface area is 76.7 Å². The van der Waals surface area contributed by atoms with Gasteiger partial charge in [0.2, 0.25) is 0 Å². The first-order chi connectivity index (χ1) is 5.91. The Morgan fingerprint density at radius 1 is 0.917 bits per heavy atom. The average Bonchev–Trinajstić information content (AvgIpc) is 2.10. The van der Waals surface area contributed by atoms with E-state index in [1.165, 1.54) is 25.7 Å². The minimum Gasteiger partial charge on any atom is -0.103 e. The Bertz CT molecular complexity index is 140. The van der Waals surface area contributed by atoms with Crippen molar-refractivity contribution in [3.05, 3.63) is 37.0 Å². The summed E-state index contributed by atoms with van der Waals surface area (Å²) < 4.78 is 0. The van der Waals surface area contributed by atoms with Crippen molar-refractivity contribution in [2.24, 2.45) is 0 Å². The van der Waals surface area contributed by atoms with Gasteiger partial charge in [0.1, 0.15) is 0 Å². The van der Waals surface area contributed by atoms with Gasteiger partial charge in [-0.05, 0) is 39.0 Å². The van der Waals surface area contributed by atoms with E-state index < -0.39 is 0 Å². The molecule has 0 aromatic carbocycles. The third-order valence-electron chi connectivity index (χ3n) is 1.68. The average molecular weight is 164 g/mol. The van der Waals surface area contributed by atoms with Crippen molar-refractivity contribution in [2.75, 3.05) is 0 Å². The summed E-state index contributed by atoms with van der Waals surface area (Å²) in [5.74, 6) is 0. The molecule has 0 aliphatic heterocycles. The van der Waals surface area contributed by atoms with Crippen molar-refractivity contribution < 1.29 is 0 Å². The van der Waals surface area contributed by atoms with Gasteiger partial charge in [0.05, 0.1) is 0 Å². The van der Waals surface area contributed by atoms with Crippen LogP contribution in [0.4, 0.5) is 0 Å². The predicted octanol–water partition coefficient (Wildman–Crippen LogP) is 4.26. The molecule has 0 spiro atoms. The molecule has 68 valence electrons. The second-order valence-corrected chi connectivity index (χ2v) is 2.84. The van der Waals surface area contributed by atoms with Crippen molar-refractivity contribution in [3.8, 4) is 0 Å². The van der Waals surface area contributed by atoms with Crippen LogP contribution in [0.5, 0.6) is 0 Å². The molecule has 0 atom stereocenters. The van der Waals surface area contributed by atoms with E-state index in [9.17, 15) is 0 Å². The van der Waals surface area contributed by atoms with Gasteiger partial charge in [-0.25, -0.2) is 0 Å². The Hall–Kier alpha value is -0.780. The number of rotatable bonds is 7. The standard InChI is InChI=1S/C12H20/c1-3-5-7-9-11-12-10-8-6-4-2/h3-4,6,11-12H,1,5,7-10H2,2H3. The molecular formula is C12H20. The van der Waals surface area contributed by atoms with Gasteiger partial charge < -0.3 is 0 Å². The van der Waals surface area contributed by atoms with E-state index in [-0.39, 0.29) is 0 Å². The number of hydrogen-bond acceptors (Lipinski definition) is 0. The summed E-state index contributed by atoms with van der Waals surface area (Å²) in [4.78, 5) is 0. The van der Waals surface area contributed by atoms with Crippen molar-refractivity contribution >= 4 is 0 Å². The van der Waals surface area contributed by atoms with E-state index >= 15 is 0 Å². The zero-order chi connectivity index (χ0) is 9.07. The molecule has 12 heavy (non-hydrogen) atoms. The zero-order valence-electron chi connectivity index (χ0n) is 8.13. The van der Waals surface area contributed by atoms with Gasteiger partial charge in [0.25, 0.3) is 0 Å². The summed E-state index contributed by atoms with van der Waals surface area (Å²) >= 11 is 0. The van der Waals surface area contributed by atoms with Crippen molar-refractivity contribution in [2.45, 2.75) is 39.0 Å². The van der Waals surface area contributed by atoms with Crippen molar-refractivity contribution in [1.29, 1.82) is 0 Å². The molecule has 0 fully saturated rings. The third-order valence-corrected chi connectivity index (χ3v) is 1.68. The normalized spacial score (nSPS) is 11.4. The van der Waals surface area contributed by atoms with Crippen LogP contribution in [0.25, 0.3) is 0 Å². The smallest absolute Gasteiger partial charge is 0.0316 e. The molecule has 0 N–H and O–H groups in total. The summed E-state index contributed by atoms with van der Waals surface area (Å²) in [6, 6.07) is 0. The lowest BCUT2D eigenvalue weighted by Crippen LogP contribution is -1.69. The maximum absolute atomic E-state index is 3.69.